The van der Waals surface area contributed by atoms with Crippen LogP contribution in [0.3, 0.4) is 0 Å². The Morgan fingerprint density at radius 3 is 2.52 bits per heavy atom. The fourth-order valence-corrected chi connectivity index (χ4v) is 1.91. The lowest BCUT2D eigenvalue weighted by Crippen LogP contribution is -3.00. The molecule has 3 N–H and O–H groups in total. The first kappa shape index (κ1) is 18.6. The molecular formula is C16H18ClN3O3. The number of anilines is 1. The maximum atomic E-state index is 12.0. The van der Waals surface area contributed by atoms with Crippen molar-refractivity contribution < 1.29 is 31.7 Å². The summed E-state index contributed by atoms with van der Waals surface area (Å²) in [6, 6.07) is 12.5. The van der Waals surface area contributed by atoms with Gasteiger partial charge in [0.05, 0.1) is 6.61 Å². The molecule has 2 aromatic rings. The Labute approximate surface area is 140 Å². The summed E-state index contributed by atoms with van der Waals surface area (Å²) in [5, 5.41) is 14.0. The normalized spacial score (nSPS) is 9.61. The minimum atomic E-state index is -0.285. The Bertz CT molecular complexity index is 650. The van der Waals surface area contributed by atoms with Gasteiger partial charge in [0.1, 0.15) is 5.56 Å². The third-order valence-corrected chi connectivity index (χ3v) is 2.90. The molecule has 23 heavy (non-hydrogen) atoms. The molecule has 7 heteroatoms. The molecule has 0 unspecified atom stereocenters. The van der Waals surface area contributed by atoms with Crippen LogP contribution in [-0.2, 0) is 11.3 Å². The van der Waals surface area contributed by atoms with E-state index in [1.807, 2.05) is 18.2 Å². The maximum absolute atomic E-state index is 12.0. The SMILES string of the molecule is O=C(C[n+]1cccc(C(=O)NCCO)c1)Nc1ccccc1.[Cl-]. The summed E-state index contributed by atoms with van der Waals surface area (Å²) in [5.74, 6) is -0.462. The lowest BCUT2D eigenvalue weighted by Gasteiger charge is -2.04. The van der Waals surface area contributed by atoms with E-state index in [2.05, 4.69) is 10.6 Å². The molecule has 0 spiro atoms. The summed E-state index contributed by atoms with van der Waals surface area (Å²) in [4.78, 5) is 23.8. The zero-order valence-electron chi connectivity index (χ0n) is 12.4. The van der Waals surface area contributed by atoms with Crippen molar-refractivity contribution in [3.63, 3.8) is 0 Å². The van der Waals surface area contributed by atoms with Crippen molar-refractivity contribution in [1.29, 1.82) is 0 Å². The van der Waals surface area contributed by atoms with Crippen LogP contribution in [0.2, 0.25) is 0 Å². The molecule has 0 aliphatic heterocycles. The Balaban J connectivity index is 0.00000264. The summed E-state index contributed by atoms with van der Waals surface area (Å²) in [7, 11) is 0. The van der Waals surface area contributed by atoms with Crippen molar-refractivity contribution in [3.8, 4) is 0 Å². The van der Waals surface area contributed by atoms with Crippen LogP contribution in [0, 0.1) is 0 Å². The number of rotatable bonds is 6. The molecule has 0 aliphatic rings. The Morgan fingerprint density at radius 2 is 1.83 bits per heavy atom. The van der Waals surface area contributed by atoms with Crippen LogP contribution in [0.1, 0.15) is 10.4 Å². The molecular weight excluding hydrogens is 318 g/mol. The van der Waals surface area contributed by atoms with Gasteiger partial charge in [0, 0.05) is 18.3 Å². The summed E-state index contributed by atoms with van der Waals surface area (Å²) < 4.78 is 1.63. The molecule has 0 fully saturated rings. The predicted molar refractivity (Wildman–Crippen MR) is 81.1 cm³/mol. The van der Waals surface area contributed by atoms with Crippen LogP contribution >= 0.6 is 0 Å². The number of carbonyl (C=O) groups excluding carboxylic acids is 2. The number of aliphatic hydroxyl groups is 1. The number of hydrogen-bond donors (Lipinski definition) is 3. The van der Waals surface area contributed by atoms with Gasteiger partial charge >= 0.3 is 0 Å². The van der Waals surface area contributed by atoms with Crippen molar-refractivity contribution in [1.82, 2.24) is 5.32 Å². The van der Waals surface area contributed by atoms with Crippen LogP contribution in [-0.4, -0.2) is 30.1 Å². The molecule has 1 aromatic carbocycles. The average molecular weight is 336 g/mol. The number of nitrogens with one attached hydrogen (secondary N) is 2. The molecule has 0 aliphatic carbocycles. The van der Waals surface area contributed by atoms with Gasteiger partial charge in [-0.25, -0.2) is 0 Å². The lowest BCUT2D eigenvalue weighted by molar-refractivity contribution is -0.684. The fourth-order valence-electron chi connectivity index (χ4n) is 1.91. The highest BCUT2D eigenvalue weighted by Gasteiger charge is 2.13. The van der Waals surface area contributed by atoms with Crippen molar-refractivity contribution in [2.45, 2.75) is 6.54 Å². The van der Waals surface area contributed by atoms with Crippen molar-refractivity contribution >= 4 is 17.5 Å². The lowest BCUT2D eigenvalue weighted by atomic mass is 10.2. The monoisotopic (exact) mass is 335 g/mol. The predicted octanol–water partition coefficient (Wildman–Crippen LogP) is -2.66. The molecule has 0 saturated heterocycles. The first-order valence-corrected chi connectivity index (χ1v) is 6.92. The number of benzene rings is 1. The van der Waals surface area contributed by atoms with E-state index in [-0.39, 0.29) is 43.9 Å². The molecule has 0 saturated carbocycles. The average Bonchev–Trinajstić information content (AvgIpc) is 2.53. The zero-order valence-corrected chi connectivity index (χ0v) is 13.2. The molecule has 6 nitrogen and oxygen atoms in total. The van der Waals surface area contributed by atoms with E-state index < -0.39 is 0 Å². The van der Waals surface area contributed by atoms with Gasteiger partial charge in [0.15, 0.2) is 12.4 Å². The second-order valence-electron chi connectivity index (χ2n) is 4.66. The van der Waals surface area contributed by atoms with Gasteiger partial charge in [-0.15, -0.1) is 0 Å². The number of aliphatic hydroxyl groups excluding tert-OH is 1. The number of carbonyl (C=O) groups is 2. The fraction of sp³-hybridized carbons (Fsp3) is 0.188. The topological polar surface area (TPSA) is 82.3 Å². The van der Waals surface area contributed by atoms with E-state index in [1.165, 1.54) is 0 Å². The highest BCUT2D eigenvalue weighted by molar-refractivity contribution is 5.93. The molecule has 1 heterocycles. The number of pyridine rings is 1. The first-order valence-electron chi connectivity index (χ1n) is 6.92. The highest BCUT2D eigenvalue weighted by Crippen LogP contribution is 2.04. The minimum absolute atomic E-state index is 0. The molecule has 122 valence electrons. The van der Waals surface area contributed by atoms with E-state index in [4.69, 9.17) is 5.11 Å². The number of nitrogens with zero attached hydrogens (tertiary/aromatic N) is 1. The van der Waals surface area contributed by atoms with E-state index in [0.717, 1.165) is 5.69 Å². The van der Waals surface area contributed by atoms with Gasteiger partial charge in [0.2, 0.25) is 6.54 Å². The number of para-hydroxylation sites is 1. The van der Waals surface area contributed by atoms with Crippen molar-refractivity contribution in [3.05, 3.63) is 60.4 Å². The largest absolute Gasteiger partial charge is 1.00 e. The summed E-state index contributed by atoms with van der Waals surface area (Å²) in [6.07, 6.45) is 3.31. The van der Waals surface area contributed by atoms with Gasteiger partial charge < -0.3 is 28.1 Å². The van der Waals surface area contributed by atoms with Gasteiger partial charge in [-0.1, -0.05) is 18.2 Å². The third kappa shape index (κ3) is 6.06. The van der Waals surface area contributed by atoms with Crippen LogP contribution in [0.15, 0.2) is 54.9 Å². The van der Waals surface area contributed by atoms with E-state index in [1.54, 1.807) is 41.2 Å². The van der Waals surface area contributed by atoms with Gasteiger partial charge in [0.25, 0.3) is 11.8 Å². The Morgan fingerprint density at radius 1 is 1.09 bits per heavy atom. The second-order valence-corrected chi connectivity index (χ2v) is 4.66. The molecule has 2 rings (SSSR count). The summed E-state index contributed by atoms with van der Waals surface area (Å²) in [5.41, 5.74) is 1.16. The van der Waals surface area contributed by atoms with Crippen molar-refractivity contribution in [2.75, 3.05) is 18.5 Å². The number of halogens is 1. The van der Waals surface area contributed by atoms with Crippen LogP contribution in [0.5, 0.6) is 0 Å². The number of amides is 2. The molecule has 1 aromatic heterocycles. The quantitative estimate of drug-likeness (QED) is 0.504. The Hall–Kier alpha value is -2.44. The van der Waals surface area contributed by atoms with Gasteiger partial charge in [-0.2, -0.15) is 4.57 Å². The molecule has 0 bridgehead atoms. The van der Waals surface area contributed by atoms with Crippen molar-refractivity contribution in [2.24, 2.45) is 0 Å². The van der Waals surface area contributed by atoms with E-state index >= 15 is 0 Å². The standard InChI is InChI=1S/C16H17N3O3.ClH/c20-10-8-17-16(22)13-5-4-9-19(11-13)12-15(21)18-14-6-2-1-3-7-14;/h1-7,9,11,20H,8,10,12H2,(H-,17,18,21,22);1H. The molecule has 2 amide bonds. The van der Waals surface area contributed by atoms with Crippen LogP contribution in [0.4, 0.5) is 5.69 Å². The van der Waals surface area contributed by atoms with E-state index in [0.29, 0.717) is 5.56 Å². The zero-order chi connectivity index (χ0) is 15.8. The second kappa shape index (κ2) is 9.55. The number of aromatic nitrogens is 1. The smallest absolute Gasteiger partial charge is 0.290 e. The summed E-state index contributed by atoms with van der Waals surface area (Å²) in [6.45, 7) is 0.191. The number of hydrogen-bond acceptors (Lipinski definition) is 3. The molecule has 0 atom stereocenters. The summed E-state index contributed by atoms with van der Waals surface area (Å²) >= 11 is 0. The van der Waals surface area contributed by atoms with Crippen LogP contribution < -0.4 is 27.6 Å². The highest BCUT2D eigenvalue weighted by atomic mass is 35.5. The maximum Gasteiger partial charge on any atom is 0.290 e. The third-order valence-electron chi connectivity index (χ3n) is 2.90. The first-order chi connectivity index (χ1) is 10.7. The van der Waals surface area contributed by atoms with Gasteiger partial charge in [-0.3, -0.25) is 9.59 Å². The van der Waals surface area contributed by atoms with Gasteiger partial charge in [-0.05, 0) is 18.2 Å². The minimum Gasteiger partial charge on any atom is -1.00 e. The Kier molecular flexibility index (Phi) is 7.73. The van der Waals surface area contributed by atoms with E-state index in [9.17, 15) is 9.59 Å². The van der Waals surface area contributed by atoms with Crippen LogP contribution in [0.25, 0.3) is 0 Å². The molecule has 0 radical (unpaired) electrons.